The van der Waals surface area contributed by atoms with E-state index in [1.807, 2.05) is 0 Å². The first kappa shape index (κ1) is 15.8. The standard InChI is InChI=1S/C20H27N/c1-5-15(2)14-21-20(18-9-7-6-8-10-18)19-13-16(3)11-12-17(19)4/h6-13,15,20-21H,5,14H2,1-4H3. The molecule has 0 bridgehead atoms. The highest BCUT2D eigenvalue weighted by Gasteiger charge is 2.16. The lowest BCUT2D eigenvalue weighted by Crippen LogP contribution is -2.27. The number of benzene rings is 2. The molecule has 0 amide bonds. The van der Waals surface area contributed by atoms with Gasteiger partial charge in [0.15, 0.2) is 0 Å². The summed E-state index contributed by atoms with van der Waals surface area (Å²) in [6, 6.07) is 17.8. The summed E-state index contributed by atoms with van der Waals surface area (Å²) in [4.78, 5) is 0. The van der Waals surface area contributed by atoms with E-state index in [9.17, 15) is 0 Å². The van der Waals surface area contributed by atoms with Gasteiger partial charge in [-0.05, 0) is 43.0 Å². The molecule has 21 heavy (non-hydrogen) atoms. The van der Waals surface area contributed by atoms with Crippen LogP contribution in [0, 0.1) is 19.8 Å². The third-order valence-electron chi connectivity index (χ3n) is 4.25. The summed E-state index contributed by atoms with van der Waals surface area (Å²) in [5.74, 6) is 0.696. The molecule has 0 fully saturated rings. The van der Waals surface area contributed by atoms with Crippen LogP contribution >= 0.6 is 0 Å². The second-order valence-corrected chi connectivity index (χ2v) is 6.13. The van der Waals surface area contributed by atoms with Gasteiger partial charge in [0.25, 0.3) is 0 Å². The first-order chi connectivity index (χ1) is 10.1. The van der Waals surface area contributed by atoms with Gasteiger partial charge in [-0.25, -0.2) is 0 Å². The van der Waals surface area contributed by atoms with Crippen molar-refractivity contribution in [3.05, 3.63) is 70.8 Å². The van der Waals surface area contributed by atoms with Crippen molar-refractivity contribution in [3.63, 3.8) is 0 Å². The molecule has 0 heterocycles. The van der Waals surface area contributed by atoms with E-state index in [1.165, 1.54) is 28.7 Å². The monoisotopic (exact) mass is 281 g/mol. The van der Waals surface area contributed by atoms with Crippen LogP contribution in [0.3, 0.4) is 0 Å². The number of aryl methyl sites for hydroxylation is 2. The SMILES string of the molecule is CCC(C)CNC(c1ccccc1)c1cc(C)ccc1C. The van der Waals surface area contributed by atoms with Gasteiger partial charge in [0.05, 0.1) is 6.04 Å². The maximum Gasteiger partial charge on any atom is 0.0579 e. The van der Waals surface area contributed by atoms with Crippen LogP contribution in [0.25, 0.3) is 0 Å². The molecule has 1 nitrogen and oxygen atoms in total. The highest BCUT2D eigenvalue weighted by atomic mass is 14.9. The average Bonchev–Trinajstić information content (AvgIpc) is 2.51. The zero-order chi connectivity index (χ0) is 15.2. The van der Waals surface area contributed by atoms with Gasteiger partial charge in [-0.3, -0.25) is 0 Å². The molecule has 2 aromatic carbocycles. The Morgan fingerprint density at radius 3 is 2.38 bits per heavy atom. The predicted molar refractivity (Wildman–Crippen MR) is 91.7 cm³/mol. The first-order valence-corrected chi connectivity index (χ1v) is 7.97. The molecular formula is C20H27N. The van der Waals surface area contributed by atoms with Crippen molar-refractivity contribution < 1.29 is 0 Å². The fourth-order valence-corrected chi connectivity index (χ4v) is 2.59. The third kappa shape index (κ3) is 4.18. The van der Waals surface area contributed by atoms with Crippen molar-refractivity contribution in [2.75, 3.05) is 6.54 Å². The molecule has 0 spiro atoms. The molecule has 0 aliphatic heterocycles. The largest absolute Gasteiger partial charge is 0.306 e. The van der Waals surface area contributed by atoms with Gasteiger partial charge in [0, 0.05) is 0 Å². The smallest absolute Gasteiger partial charge is 0.0579 e. The molecule has 1 N–H and O–H groups in total. The molecular weight excluding hydrogens is 254 g/mol. The summed E-state index contributed by atoms with van der Waals surface area (Å²) in [6.07, 6.45) is 1.21. The minimum Gasteiger partial charge on any atom is -0.306 e. The highest BCUT2D eigenvalue weighted by molar-refractivity contribution is 5.39. The third-order valence-corrected chi connectivity index (χ3v) is 4.25. The summed E-state index contributed by atoms with van der Waals surface area (Å²) in [5.41, 5.74) is 5.41. The van der Waals surface area contributed by atoms with E-state index in [4.69, 9.17) is 0 Å². The van der Waals surface area contributed by atoms with Gasteiger partial charge in [0.2, 0.25) is 0 Å². The summed E-state index contributed by atoms with van der Waals surface area (Å²) in [7, 11) is 0. The van der Waals surface area contributed by atoms with Crippen LogP contribution in [0.2, 0.25) is 0 Å². The maximum atomic E-state index is 3.77. The molecule has 0 aromatic heterocycles. The molecule has 0 radical (unpaired) electrons. The Hall–Kier alpha value is -1.60. The van der Waals surface area contributed by atoms with E-state index in [0.29, 0.717) is 5.92 Å². The molecule has 2 atom stereocenters. The van der Waals surface area contributed by atoms with Crippen molar-refractivity contribution in [2.45, 2.75) is 40.2 Å². The van der Waals surface area contributed by atoms with E-state index in [2.05, 4.69) is 81.5 Å². The summed E-state index contributed by atoms with van der Waals surface area (Å²) < 4.78 is 0. The van der Waals surface area contributed by atoms with E-state index < -0.39 is 0 Å². The molecule has 2 rings (SSSR count). The topological polar surface area (TPSA) is 12.0 Å². The van der Waals surface area contributed by atoms with E-state index >= 15 is 0 Å². The lowest BCUT2D eigenvalue weighted by Gasteiger charge is -2.24. The van der Waals surface area contributed by atoms with Crippen LogP contribution in [0.1, 0.15) is 48.6 Å². The molecule has 0 saturated carbocycles. The average molecular weight is 281 g/mol. The number of rotatable bonds is 6. The van der Waals surface area contributed by atoms with Gasteiger partial charge in [-0.2, -0.15) is 0 Å². The normalized spacial score (nSPS) is 13.9. The Balaban J connectivity index is 2.33. The van der Waals surface area contributed by atoms with Crippen LogP contribution in [-0.2, 0) is 0 Å². The second-order valence-electron chi connectivity index (χ2n) is 6.13. The number of nitrogens with one attached hydrogen (secondary N) is 1. The second kappa shape index (κ2) is 7.42. The lowest BCUT2D eigenvalue weighted by atomic mass is 9.93. The predicted octanol–water partition coefficient (Wildman–Crippen LogP) is 5.03. The fourth-order valence-electron chi connectivity index (χ4n) is 2.59. The number of hydrogen-bond donors (Lipinski definition) is 1. The quantitative estimate of drug-likeness (QED) is 0.783. The van der Waals surface area contributed by atoms with Crippen LogP contribution < -0.4 is 5.32 Å². The van der Waals surface area contributed by atoms with Crippen LogP contribution in [0.15, 0.2) is 48.5 Å². The van der Waals surface area contributed by atoms with Gasteiger partial charge < -0.3 is 5.32 Å². The van der Waals surface area contributed by atoms with E-state index in [1.54, 1.807) is 0 Å². The van der Waals surface area contributed by atoms with Crippen LogP contribution in [-0.4, -0.2) is 6.54 Å². The zero-order valence-corrected chi connectivity index (χ0v) is 13.7. The maximum absolute atomic E-state index is 3.77. The molecule has 2 unspecified atom stereocenters. The van der Waals surface area contributed by atoms with Crippen LogP contribution in [0.5, 0.6) is 0 Å². The van der Waals surface area contributed by atoms with E-state index in [-0.39, 0.29) is 6.04 Å². The Morgan fingerprint density at radius 2 is 1.71 bits per heavy atom. The Kier molecular flexibility index (Phi) is 5.58. The van der Waals surface area contributed by atoms with E-state index in [0.717, 1.165) is 6.54 Å². The van der Waals surface area contributed by atoms with Gasteiger partial charge in [-0.1, -0.05) is 74.4 Å². The lowest BCUT2D eigenvalue weighted by molar-refractivity contribution is 0.472. The minimum absolute atomic E-state index is 0.278. The minimum atomic E-state index is 0.278. The molecule has 2 aromatic rings. The highest BCUT2D eigenvalue weighted by Crippen LogP contribution is 2.26. The van der Waals surface area contributed by atoms with Crippen molar-refractivity contribution in [2.24, 2.45) is 5.92 Å². The Bertz CT molecular complexity index is 559. The van der Waals surface area contributed by atoms with Gasteiger partial charge in [0.1, 0.15) is 0 Å². The summed E-state index contributed by atoms with van der Waals surface area (Å²) in [6.45, 7) is 9.97. The fraction of sp³-hybridized carbons (Fsp3) is 0.400. The molecule has 0 aliphatic rings. The summed E-state index contributed by atoms with van der Waals surface area (Å²) >= 11 is 0. The van der Waals surface area contributed by atoms with Crippen molar-refractivity contribution in [1.29, 1.82) is 0 Å². The summed E-state index contributed by atoms with van der Waals surface area (Å²) in [5, 5.41) is 3.77. The molecule has 0 aliphatic carbocycles. The molecule has 1 heteroatoms. The van der Waals surface area contributed by atoms with Crippen molar-refractivity contribution >= 4 is 0 Å². The van der Waals surface area contributed by atoms with Crippen molar-refractivity contribution in [1.82, 2.24) is 5.32 Å². The van der Waals surface area contributed by atoms with Crippen molar-refractivity contribution in [3.8, 4) is 0 Å². The zero-order valence-electron chi connectivity index (χ0n) is 13.7. The van der Waals surface area contributed by atoms with Crippen LogP contribution in [0.4, 0.5) is 0 Å². The first-order valence-electron chi connectivity index (χ1n) is 7.97. The Labute approximate surface area is 129 Å². The number of hydrogen-bond acceptors (Lipinski definition) is 1. The van der Waals surface area contributed by atoms with Gasteiger partial charge in [-0.15, -0.1) is 0 Å². The Morgan fingerprint density at radius 1 is 1.00 bits per heavy atom. The molecule has 112 valence electrons. The molecule has 0 saturated heterocycles. The van der Waals surface area contributed by atoms with Gasteiger partial charge >= 0.3 is 0 Å².